The molecule has 0 spiro atoms. The molecule has 19 heavy (non-hydrogen) atoms. The first-order valence-electron chi connectivity index (χ1n) is 5.79. The molecule has 106 valence electrons. The third-order valence-corrected chi connectivity index (χ3v) is 3.45. The van der Waals surface area contributed by atoms with Gasteiger partial charge in [-0.3, -0.25) is 4.79 Å². The van der Waals surface area contributed by atoms with Gasteiger partial charge in [0.05, 0.1) is 5.75 Å². The number of hydrogen-bond acceptors (Lipinski definition) is 3. The fourth-order valence-electron chi connectivity index (χ4n) is 1.16. The lowest BCUT2D eigenvalue weighted by atomic mass is 9.95. The van der Waals surface area contributed by atoms with E-state index in [1.807, 2.05) is 13.8 Å². The van der Waals surface area contributed by atoms with Crippen LogP contribution in [0.5, 0.6) is 0 Å². The molecule has 1 rings (SSSR count). The lowest BCUT2D eigenvalue weighted by molar-refractivity contribution is -0.119. The molecule has 1 aromatic rings. The van der Waals surface area contributed by atoms with E-state index in [0.717, 1.165) is 23.9 Å². The van der Waals surface area contributed by atoms with E-state index in [9.17, 15) is 13.6 Å². The summed E-state index contributed by atoms with van der Waals surface area (Å²) in [6.45, 7) is 4.00. The number of aliphatic hydroxyl groups excluding tert-OH is 1. The van der Waals surface area contributed by atoms with Crippen LogP contribution in [0.1, 0.15) is 13.8 Å². The summed E-state index contributed by atoms with van der Waals surface area (Å²) in [6, 6.07) is 3.52. The Morgan fingerprint density at radius 1 is 1.37 bits per heavy atom. The molecule has 0 aromatic heterocycles. The molecule has 1 aromatic carbocycles. The molecule has 3 nitrogen and oxygen atoms in total. The highest BCUT2D eigenvalue weighted by molar-refractivity contribution is 8.00. The minimum absolute atomic E-state index is 0.0242. The van der Waals surface area contributed by atoms with Gasteiger partial charge in [-0.1, -0.05) is 13.8 Å². The van der Waals surface area contributed by atoms with E-state index in [2.05, 4.69) is 5.32 Å². The number of aliphatic hydroxyl groups is 1. The lowest BCUT2D eigenvalue weighted by Gasteiger charge is -2.21. The molecule has 0 aliphatic heterocycles. The Bertz CT molecular complexity index is 452. The first kappa shape index (κ1) is 15.9. The Labute approximate surface area is 115 Å². The molecule has 0 unspecified atom stereocenters. The third-order valence-electron chi connectivity index (χ3n) is 2.45. The van der Waals surface area contributed by atoms with Crippen molar-refractivity contribution in [1.29, 1.82) is 0 Å². The zero-order valence-electron chi connectivity index (χ0n) is 10.9. The number of rotatable bonds is 6. The van der Waals surface area contributed by atoms with E-state index >= 15 is 0 Å². The Balaban J connectivity index is 2.40. The molecule has 0 atom stereocenters. The van der Waals surface area contributed by atoms with Crippen LogP contribution >= 0.6 is 11.8 Å². The molecule has 0 aliphatic carbocycles. The largest absolute Gasteiger partial charge is 0.396 e. The molecule has 2 N–H and O–H groups in total. The number of halogens is 2. The van der Waals surface area contributed by atoms with Gasteiger partial charge in [-0.05, 0) is 18.2 Å². The zero-order chi connectivity index (χ0) is 14.5. The summed E-state index contributed by atoms with van der Waals surface area (Å²) >= 11 is 1.13. The number of benzene rings is 1. The Hall–Kier alpha value is -1.14. The highest BCUT2D eigenvalue weighted by atomic mass is 32.2. The average Bonchev–Trinajstić information content (AvgIpc) is 2.38. The van der Waals surface area contributed by atoms with Crippen molar-refractivity contribution in [2.24, 2.45) is 5.41 Å². The van der Waals surface area contributed by atoms with Crippen LogP contribution in [0.25, 0.3) is 0 Å². The van der Waals surface area contributed by atoms with Gasteiger partial charge in [0.1, 0.15) is 0 Å². The summed E-state index contributed by atoms with van der Waals surface area (Å²) in [5.74, 6) is -1.92. The van der Waals surface area contributed by atoms with Crippen LogP contribution in [0, 0.1) is 17.0 Å². The van der Waals surface area contributed by atoms with Crippen molar-refractivity contribution in [2.45, 2.75) is 18.7 Å². The van der Waals surface area contributed by atoms with Crippen LogP contribution in [-0.2, 0) is 4.79 Å². The van der Waals surface area contributed by atoms with Crippen molar-refractivity contribution < 1.29 is 18.7 Å². The fraction of sp³-hybridized carbons (Fsp3) is 0.462. The van der Waals surface area contributed by atoms with Gasteiger partial charge in [0.15, 0.2) is 11.6 Å². The normalized spacial score (nSPS) is 11.4. The van der Waals surface area contributed by atoms with Crippen molar-refractivity contribution in [3.8, 4) is 0 Å². The molecule has 0 bridgehead atoms. The number of hydrogen-bond donors (Lipinski definition) is 2. The quantitative estimate of drug-likeness (QED) is 0.789. The summed E-state index contributed by atoms with van der Waals surface area (Å²) in [6.07, 6.45) is 0. The number of thioether (sulfide) groups is 1. The topological polar surface area (TPSA) is 49.3 Å². The molecule has 0 saturated carbocycles. The fourth-order valence-corrected chi connectivity index (χ4v) is 1.91. The second kappa shape index (κ2) is 6.86. The number of amides is 1. The van der Waals surface area contributed by atoms with Crippen LogP contribution in [0.4, 0.5) is 8.78 Å². The second-order valence-corrected chi connectivity index (χ2v) is 6.01. The molecule has 0 saturated heterocycles. The maximum absolute atomic E-state index is 12.9. The first-order chi connectivity index (χ1) is 8.84. The van der Waals surface area contributed by atoms with E-state index in [0.29, 0.717) is 11.4 Å². The summed E-state index contributed by atoms with van der Waals surface area (Å²) < 4.78 is 25.6. The standard InChI is InChI=1S/C13H17F2NO2S/c1-13(2,8-17)7-16-12(18)6-19-9-3-4-10(14)11(15)5-9/h3-5,17H,6-8H2,1-2H3,(H,16,18). The van der Waals surface area contributed by atoms with Crippen LogP contribution in [-0.4, -0.2) is 29.9 Å². The van der Waals surface area contributed by atoms with Gasteiger partial charge < -0.3 is 10.4 Å². The lowest BCUT2D eigenvalue weighted by Crippen LogP contribution is -2.36. The van der Waals surface area contributed by atoms with E-state index in [4.69, 9.17) is 5.11 Å². The van der Waals surface area contributed by atoms with Crippen LogP contribution < -0.4 is 5.32 Å². The van der Waals surface area contributed by atoms with Crippen LogP contribution in [0.15, 0.2) is 23.1 Å². The zero-order valence-corrected chi connectivity index (χ0v) is 11.7. The maximum Gasteiger partial charge on any atom is 0.230 e. The van der Waals surface area contributed by atoms with Crippen molar-refractivity contribution in [1.82, 2.24) is 5.32 Å². The van der Waals surface area contributed by atoms with Gasteiger partial charge in [0.25, 0.3) is 0 Å². The Morgan fingerprint density at radius 3 is 2.63 bits per heavy atom. The summed E-state index contributed by atoms with van der Waals surface area (Å²) in [5, 5.41) is 11.7. The molecule has 0 radical (unpaired) electrons. The van der Waals surface area contributed by atoms with Gasteiger partial charge in [0, 0.05) is 23.5 Å². The van der Waals surface area contributed by atoms with Crippen molar-refractivity contribution in [3.63, 3.8) is 0 Å². The minimum atomic E-state index is -0.924. The Kier molecular flexibility index (Phi) is 5.75. The molecular weight excluding hydrogens is 272 g/mol. The second-order valence-electron chi connectivity index (χ2n) is 4.96. The predicted octanol–water partition coefficient (Wildman–Crippen LogP) is 2.19. The predicted molar refractivity (Wildman–Crippen MR) is 71.0 cm³/mol. The summed E-state index contributed by atoms with van der Waals surface area (Å²) in [4.78, 5) is 12.0. The summed E-state index contributed by atoms with van der Waals surface area (Å²) in [7, 11) is 0. The molecule has 1 amide bonds. The monoisotopic (exact) mass is 289 g/mol. The van der Waals surface area contributed by atoms with E-state index in [-0.39, 0.29) is 23.7 Å². The van der Waals surface area contributed by atoms with Gasteiger partial charge in [0.2, 0.25) is 5.91 Å². The number of carbonyl (C=O) groups excluding carboxylic acids is 1. The van der Waals surface area contributed by atoms with Gasteiger partial charge in [-0.2, -0.15) is 0 Å². The van der Waals surface area contributed by atoms with Crippen LogP contribution in [0.3, 0.4) is 0 Å². The summed E-state index contributed by atoms with van der Waals surface area (Å²) in [5.41, 5.74) is -0.373. The van der Waals surface area contributed by atoms with Gasteiger partial charge >= 0.3 is 0 Å². The molecule has 0 fully saturated rings. The smallest absolute Gasteiger partial charge is 0.230 e. The highest BCUT2D eigenvalue weighted by Gasteiger charge is 2.17. The van der Waals surface area contributed by atoms with Gasteiger partial charge in [-0.25, -0.2) is 8.78 Å². The van der Waals surface area contributed by atoms with E-state index in [1.165, 1.54) is 6.07 Å². The number of carbonyl (C=O) groups is 1. The van der Waals surface area contributed by atoms with Gasteiger partial charge in [-0.15, -0.1) is 11.8 Å². The molecular formula is C13H17F2NO2S. The van der Waals surface area contributed by atoms with Crippen molar-refractivity contribution in [2.75, 3.05) is 18.9 Å². The van der Waals surface area contributed by atoms with Crippen LogP contribution in [0.2, 0.25) is 0 Å². The molecule has 0 heterocycles. The highest BCUT2D eigenvalue weighted by Crippen LogP contribution is 2.20. The molecule has 0 aliphatic rings. The van der Waals surface area contributed by atoms with Crippen molar-refractivity contribution >= 4 is 17.7 Å². The molecule has 6 heteroatoms. The van der Waals surface area contributed by atoms with E-state index in [1.54, 1.807) is 0 Å². The first-order valence-corrected chi connectivity index (χ1v) is 6.78. The minimum Gasteiger partial charge on any atom is -0.396 e. The maximum atomic E-state index is 12.9. The van der Waals surface area contributed by atoms with Crippen molar-refractivity contribution in [3.05, 3.63) is 29.8 Å². The third kappa shape index (κ3) is 5.57. The average molecular weight is 289 g/mol. The van der Waals surface area contributed by atoms with E-state index < -0.39 is 11.6 Å². The number of nitrogens with one attached hydrogen (secondary N) is 1. The Morgan fingerprint density at radius 2 is 2.05 bits per heavy atom. The SMILES string of the molecule is CC(C)(CO)CNC(=O)CSc1ccc(F)c(F)c1.